The largest absolute Gasteiger partial charge is 0.383 e. The van der Waals surface area contributed by atoms with Gasteiger partial charge >= 0.3 is 0 Å². The molecule has 5 heteroatoms. The maximum Gasteiger partial charge on any atom is 0.139 e. The van der Waals surface area contributed by atoms with Crippen LogP contribution in [0.15, 0.2) is 6.07 Å². The van der Waals surface area contributed by atoms with Gasteiger partial charge in [-0.15, -0.1) is 0 Å². The van der Waals surface area contributed by atoms with Crippen molar-refractivity contribution in [3.05, 3.63) is 6.07 Å². The van der Waals surface area contributed by atoms with Crippen LogP contribution in [0.1, 0.15) is 6.92 Å². The van der Waals surface area contributed by atoms with Crippen molar-refractivity contribution in [3.8, 4) is 0 Å². The maximum absolute atomic E-state index is 5.45. The quantitative estimate of drug-likeness (QED) is 0.743. The highest BCUT2D eigenvalue weighted by Gasteiger charge is 2.00. The average molecular weight is 187 g/mol. The van der Waals surface area contributed by atoms with Crippen LogP contribution in [-0.2, 0) is 4.74 Å². The Morgan fingerprint density at radius 2 is 2.58 bits per heavy atom. The van der Waals surface area contributed by atoms with Gasteiger partial charge in [-0.05, 0) is 18.5 Å². The van der Waals surface area contributed by atoms with E-state index in [-0.39, 0.29) is 6.10 Å². The van der Waals surface area contributed by atoms with Crippen molar-refractivity contribution in [2.45, 2.75) is 13.0 Å². The minimum Gasteiger partial charge on any atom is -0.383 e. The molecular weight excluding hydrogens is 174 g/mol. The number of aromatic nitrogens is 1. The molecule has 0 aliphatic heterocycles. The second-order valence-electron chi connectivity index (χ2n) is 2.54. The highest BCUT2D eigenvalue weighted by atomic mass is 32.1. The molecule has 0 spiro atoms. The number of nitrogens with two attached hydrogens (primary N) is 1. The number of hydrogen-bond acceptors (Lipinski definition) is 5. The summed E-state index contributed by atoms with van der Waals surface area (Å²) in [6.07, 6.45) is 0.202. The summed E-state index contributed by atoms with van der Waals surface area (Å²) >= 11 is 1.36. The van der Waals surface area contributed by atoms with Crippen molar-refractivity contribution in [3.63, 3.8) is 0 Å². The lowest BCUT2D eigenvalue weighted by Crippen LogP contribution is -2.17. The van der Waals surface area contributed by atoms with Gasteiger partial charge in [-0.2, -0.15) is 4.37 Å². The topological polar surface area (TPSA) is 60.2 Å². The van der Waals surface area contributed by atoms with E-state index in [1.807, 2.05) is 13.0 Å². The molecule has 0 amide bonds. The van der Waals surface area contributed by atoms with Crippen molar-refractivity contribution >= 4 is 22.4 Å². The molecular formula is C7H13N3OS. The van der Waals surface area contributed by atoms with E-state index < -0.39 is 0 Å². The van der Waals surface area contributed by atoms with Crippen LogP contribution in [0.25, 0.3) is 0 Å². The number of hydrogen-bond donors (Lipinski definition) is 2. The summed E-state index contributed by atoms with van der Waals surface area (Å²) in [5, 5.41) is 4.15. The highest BCUT2D eigenvalue weighted by molar-refractivity contribution is 7.10. The molecule has 0 radical (unpaired) electrons. The molecule has 1 aromatic heterocycles. The number of rotatable bonds is 4. The Labute approximate surface area is 75.9 Å². The van der Waals surface area contributed by atoms with Gasteiger partial charge in [0.15, 0.2) is 0 Å². The van der Waals surface area contributed by atoms with Crippen LogP contribution < -0.4 is 11.1 Å². The molecule has 1 atom stereocenters. The van der Waals surface area contributed by atoms with Crippen LogP contribution in [0.3, 0.4) is 0 Å². The second kappa shape index (κ2) is 4.27. The zero-order valence-electron chi connectivity index (χ0n) is 7.20. The molecule has 68 valence electrons. The zero-order valence-corrected chi connectivity index (χ0v) is 8.02. The van der Waals surface area contributed by atoms with E-state index in [2.05, 4.69) is 9.69 Å². The van der Waals surface area contributed by atoms with Gasteiger partial charge in [0, 0.05) is 19.7 Å². The summed E-state index contributed by atoms with van der Waals surface area (Å²) in [5.74, 6) is 0.563. The van der Waals surface area contributed by atoms with Crippen molar-refractivity contribution in [1.82, 2.24) is 4.37 Å². The van der Waals surface area contributed by atoms with E-state index in [1.165, 1.54) is 11.5 Å². The lowest BCUT2D eigenvalue weighted by atomic mass is 10.4. The van der Waals surface area contributed by atoms with Crippen LogP contribution in [0.2, 0.25) is 0 Å². The van der Waals surface area contributed by atoms with Crippen LogP contribution in [0, 0.1) is 0 Å². The zero-order chi connectivity index (χ0) is 8.97. The number of nitrogens with zero attached hydrogens (tertiary/aromatic N) is 1. The smallest absolute Gasteiger partial charge is 0.139 e. The van der Waals surface area contributed by atoms with E-state index in [0.29, 0.717) is 5.82 Å². The summed E-state index contributed by atoms with van der Waals surface area (Å²) in [6, 6.07) is 1.81. The molecule has 1 rings (SSSR count). The Balaban J connectivity index is 2.33. The Morgan fingerprint density at radius 3 is 3.08 bits per heavy atom. The molecule has 0 fully saturated rings. The molecule has 3 N–H and O–H groups in total. The first-order valence-corrected chi connectivity index (χ1v) is 4.48. The first kappa shape index (κ1) is 9.28. The van der Waals surface area contributed by atoms with E-state index in [0.717, 1.165) is 11.5 Å². The van der Waals surface area contributed by atoms with Crippen molar-refractivity contribution < 1.29 is 4.74 Å². The third kappa shape index (κ3) is 2.67. The fourth-order valence-electron chi connectivity index (χ4n) is 0.700. The van der Waals surface area contributed by atoms with Crippen molar-refractivity contribution in [1.29, 1.82) is 0 Å². The molecule has 0 bridgehead atoms. The highest BCUT2D eigenvalue weighted by Crippen LogP contribution is 2.17. The predicted molar refractivity (Wildman–Crippen MR) is 51.5 cm³/mol. The molecule has 12 heavy (non-hydrogen) atoms. The monoisotopic (exact) mass is 187 g/mol. The molecule has 1 heterocycles. The summed E-state index contributed by atoms with van der Waals surface area (Å²) in [4.78, 5) is 0. The van der Waals surface area contributed by atoms with Gasteiger partial charge < -0.3 is 15.8 Å². The third-order valence-corrected chi connectivity index (χ3v) is 2.26. The van der Waals surface area contributed by atoms with Gasteiger partial charge in [-0.3, -0.25) is 0 Å². The van der Waals surface area contributed by atoms with E-state index in [1.54, 1.807) is 7.11 Å². The minimum atomic E-state index is 0.202. The summed E-state index contributed by atoms with van der Waals surface area (Å²) < 4.78 is 9.01. The van der Waals surface area contributed by atoms with Crippen molar-refractivity contribution in [2.75, 3.05) is 24.7 Å². The third-order valence-electron chi connectivity index (χ3n) is 1.49. The van der Waals surface area contributed by atoms with Gasteiger partial charge in [0.1, 0.15) is 10.8 Å². The summed E-state index contributed by atoms with van der Waals surface area (Å²) in [5.41, 5.74) is 5.45. The Kier molecular flexibility index (Phi) is 3.31. The lowest BCUT2D eigenvalue weighted by molar-refractivity contribution is 0.129. The van der Waals surface area contributed by atoms with Crippen LogP contribution in [0.5, 0.6) is 0 Å². The van der Waals surface area contributed by atoms with E-state index in [9.17, 15) is 0 Å². The van der Waals surface area contributed by atoms with E-state index >= 15 is 0 Å². The SMILES string of the molecule is COC(C)CNc1cc(N)ns1. The number of nitrogen functional groups attached to an aromatic ring is 1. The van der Waals surface area contributed by atoms with Crippen molar-refractivity contribution in [2.24, 2.45) is 0 Å². The minimum absolute atomic E-state index is 0.202. The molecule has 1 unspecified atom stereocenters. The van der Waals surface area contributed by atoms with Gasteiger partial charge in [0.05, 0.1) is 6.10 Å². The molecule has 0 aliphatic rings. The first-order valence-electron chi connectivity index (χ1n) is 3.71. The number of methoxy groups -OCH3 is 1. The molecule has 0 aromatic carbocycles. The maximum atomic E-state index is 5.45. The molecule has 4 nitrogen and oxygen atoms in total. The number of ether oxygens (including phenoxy) is 1. The van der Waals surface area contributed by atoms with Gasteiger partial charge in [-0.1, -0.05) is 0 Å². The molecule has 0 saturated carbocycles. The van der Waals surface area contributed by atoms with Crippen LogP contribution >= 0.6 is 11.5 Å². The number of anilines is 2. The Hall–Kier alpha value is -0.810. The number of nitrogens with one attached hydrogen (secondary N) is 1. The summed E-state index contributed by atoms with van der Waals surface area (Å²) in [7, 11) is 1.69. The standard InChI is InChI=1S/C7H13N3OS/c1-5(11-2)4-9-7-3-6(8)10-12-7/h3,5,9H,4H2,1-2H3,(H2,8,10). The molecule has 1 aromatic rings. The van der Waals surface area contributed by atoms with Crippen LogP contribution in [0.4, 0.5) is 10.8 Å². The van der Waals surface area contributed by atoms with Gasteiger partial charge in [-0.25, -0.2) is 0 Å². The first-order chi connectivity index (χ1) is 5.72. The molecule has 0 saturated heterocycles. The lowest BCUT2D eigenvalue weighted by Gasteiger charge is -2.09. The van der Waals surface area contributed by atoms with Gasteiger partial charge in [0.2, 0.25) is 0 Å². The molecule has 0 aliphatic carbocycles. The average Bonchev–Trinajstić information content (AvgIpc) is 2.47. The predicted octanol–water partition coefficient (Wildman–Crippen LogP) is 1.17. The van der Waals surface area contributed by atoms with Crippen LogP contribution in [-0.4, -0.2) is 24.1 Å². The second-order valence-corrected chi connectivity index (χ2v) is 3.35. The fourth-order valence-corrected chi connectivity index (χ4v) is 1.28. The van der Waals surface area contributed by atoms with Gasteiger partial charge in [0.25, 0.3) is 0 Å². The normalized spacial score (nSPS) is 12.8. The Bertz CT molecular complexity index is 238. The summed E-state index contributed by atoms with van der Waals surface area (Å²) in [6.45, 7) is 2.77. The van der Waals surface area contributed by atoms with E-state index in [4.69, 9.17) is 10.5 Å². The Morgan fingerprint density at radius 1 is 1.83 bits per heavy atom. The fraction of sp³-hybridized carbons (Fsp3) is 0.571.